The van der Waals surface area contributed by atoms with Crippen LogP contribution in [-0.4, -0.2) is 32.2 Å². The van der Waals surface area contributed by atoms with E-state index < -0.39 is 12.5 Å². The van der Waals surface area contributed by atoms with Crippen LogP contribution < -0.4 is 14.8 Å². The molecule has 1 N–H and O–H groups in total. The van der Waals surface area contributed by atoms with E-state index >= 15 is 0 Å². The molecule has 0 unspecified atom stereocenters. The summed E-state index contributed by atoms with van der Waals surface area (Å²) in [4.78, 5) is 23.5. The molecule has 0 aromatic heterocycles. The maximum absolute atomic E-state index is 12.3. The Bertz CT molecular complexity index is 603. The summed E-state index contributed by atoms with van der Waals surface area (Å²) in [5.74, 6) is -0.807. The smallest absolute Gasteiger partial charge is 0.387 e. The van der Waals surface area contributed by atoms with Gasteiger partial charge in [0.15, 0.2) is 18.1 Å². The van der Waals surface area contributed by atoms with E-state index in [1.807, 2.05) is 0 Å². The molecule has 138 valence electrons. The first-order valence-electron chi connectivity index (χ1n) is 8.04. The first kappa shape index (κ1) is 19.0. The number of hydrogen-bond donors (Lipinski definition) is 1. The number of esters is 1. The largest absolute Gasteiger partial charge is 0.493 e. The van der Waals surface area contributed by atoms with Crippen molar-refractivity contribution in [2.24, 2.45) is 5.92 Å². The number of carbonyl (C=O) groups is 2. The van der Waals surface area contributed by atoms with E-state index in [1.165, 1.54) is 25.3 Å². The highest BCUT2D eigenvalue weighted by Gasteiger charge is 2.24. The molecule has 0 radical (unpaired) electrons. The number of carbonyl (C=O) groups excluding carboxylic acids is 2. The lowest BCUT2D eigenvalue weighted by Gasteiger charge is -2.12. The van der Waals surface area contributed by atoms with Crippen molar-refractivity contribution in [1.29, 1.82) is 0 Å². The Labute approximate surface area is 144 Å². The molecule has 0 bridgehead atoms. The SMILES string of the molecule is COc1cc(CNC(=O)COC(=O)C2CCCC2)ccc1OC(F)F. The lowest BCUT2D eigenvalue weighted by atomic mass is 10.1. The second-order valence-corrected chi connectivity index (χ2v) is 5.73. The average Bonchev–Trinajstić information content (AvgIpc) is 3.13. The van der Waals surface area contributed by atoms with Crippen LogP contribution in [0.25, 0.3) is 0 Å². The Kier molecular flexibility index (Phi) is 6.97. The van der Waals surface area contributed by atoms with Gasteiger partial charge in [-0.05, 0) is 30.5 Å². The number of alkyl halides is 2. The molecule has 8 heteroatoms. The van der Waals surface area contributed by atoms with Gasteiger partial charge in [0.05, 0.1) is 13.0 Å². The third kappa shape index (κ3) is 5.88. The van der Waals surface area contributed by atoms with Crippen LogP contribution >= 0.6 is 0 Å². The normalized spacial score (nSPS) is 14.4. The van der Waals surface area contributed by atoms with Crippen LogP contribution in [0.2, 0.25) is 0 Å². The van der Waals surface area contributed by atoms with Crippen LogP contribution in [0.5, 0.6) is 11.5 Å². The van der Waals surface area contributed by atoms with E-state index in [4.69, 9.17) is 9.47 Å². The molecule has 2 rings (SSSR count). The third-order valence-corrected chi connectivity index (χ3v) is 3.97. The number of amides is 1. The van der Waals surface area contributed by atoms with Gasteiger partial charge in [0.1, 0.15) is 0 Å². The number of hydrogen-bond acceptors (Lipinski definition) is 5. The van der Waals surface area contributed by atoms with Gasteiger partial charge in [-0.15, -0.1) is 0 Å². The molecule has 1 saturated carbocycles. The van der Waals surface area contributed by atoms with Gasteiger partial charge in [0, 0.05) is 6.54 Å². The molecule has 1 fully saturated rings. The quantitative estimate of drug-likeness (QED) is 0.724. The monoisotopic (exact) mass is 357 g/mol. The zero-order chi connectivity index (χ0) is 18.2. The molecule has 0 saturated heterocycles. The predicted octanol–water partition coefficient (Wildman–Crippen LogP) is 2.65. The highest BCUT2D eigenvalue weighted by molar-refractivity contribution is 5.81. The van der Waals surface area contributed by atoms with Crippen LogP contribution in [0.15, 0.2) is 18.2 Å². The van der Waals surface area contributed by atoms with Gasteiger partial charge in [-0.2, -0.15) is 8.78 Å². The van der Waals surface area contributed by atoms with E-state index in [0.29, 0.717) is 5.56 Å². The molecule has 1 aliphatic carbocycles. The van der Waals surface area contributed by atoms with Gasteiger partial charge < -0.3 is 19.5 Å². The Balaban J connectivity index is 1.79. The second kappa shape index (κ2) is 9.19. The van der Waals surface area contributed by atoms with E-state index in [1.54, 1.807) is 0 Å². The molecule has 0 aliphatic heterocycles. The van der Waals surface area contributed by atoms with Crippen molar-refractivity contribution in [2.75, 3.05) is 13.7 Å². The molecule has 1 amide bonds. The standard InChI is InChI=1S/C17H21F2NO5/c1-23-14-8-11(6-7-13(14)25-17(18)19)9-20-15(21)10-24-16(22)12-4-2-3-5-12/h6-8,12,17H,2-5,9-10H2,1H3,(H,20,21). The summed E-state index contributed by atoms with van der Waals surface area (Å²) in [5.41, 5.74) is 0.633. The predicted molar refractivity (Wildman–Crippen MR) is 84.4 cm³/mol. The fourth-order valence-corrected chi connectivity index (χ4v) is 2.68. The Morgan fingerprint density at radius 2 is 1.96 bits per heavy atom. The molecule has 1 aromatic rings. The van der Waals surface area contributed by atoms with Crippen molar-refractivity contribution in [3.8, 4) is 11.5 Å². The van der Waals surface area contributed by atoms with Crippen molar-refractivity contribution in [3.63, 3.8) is 0 Å². The molecular weight excluding hydrogens is 336 g/mol. The van der Waals surface area contributed by atoms with Gasteiger partial charge >= 0.3 is 12.6 Å². The average molecular weight is 357 g/mol. The fraction of sp³-hybridized carbons (Fsp3) is 0.529. The number of methoxy groups -OCH3 is 1. The first-order valence-corrected chi connectivity index (χ1v) is 8.04. The van der Waals surface area contributed by atoms with Gasteiger partial charge in [-0.25, -0.2) is 0 Å². The fourth-order valence-electron chi connectivity index (χ4n) is 2.68. The van der Waals surface area contributed by atoms with Crippen LogP contribution in [0, 0.1) is 5.92 Å². The minimum Gasteiger partial charge on any atom is -0.493 e. The summed E-state index contributed by atoms with van der Waals surface area (Å²) >= 11 is 0. The van der Waals surface area contributed by atoms with Crippen LogP contribution in [0.4, 0.5) is 8.78 Å². The molecular formula is C17H21F2NO5. The van der Waals surface area contributed by atoms with E-state index in [-0.39, 0.29) is 36.5 Å². The second-order valence-electron chi connectivity index (χ2n) is 5.73. The maximum atomic E-state index is 12.3. The van der Waals surface area contributed by atoms with Crippen LogP contribution in [0.1, 0.15) is 31.2 Å². The lowest BCUT2D eigenvalue weighted by molar-refractivity contribution is -0.152. The number of rotatable bonds is 8. The summed E-state index contributed by atoms with van der Waals surface area (Å²) in [7, 11) is 1.33. The molecule has 25 heavy (non-hydrogen) atoms. The first-order chi connectivity index (χ1) is 12.0. The van der Waals surface area contributed by atoms with Gasteiger partial charge in [-0.1, -0.05) is 18.9 Å². The third-order valence-electron chi connectivity index (χ3n) is 3.97. The molecule has 1 aromatic carbocycles. The van der Waals surface area contributed by atoms with Gasteiger partial charge in [0.2, 0.25) is 0 Å². The van der Waals surface area contributed by atoms with Gasteiger partial charge in [0.25, 0.3) is 5.91 Å². The summed E-state index contributed by atoms with van der Waals surface area (Å²) in [6.45, 7) is -3.14. The van der Waals surface area contributed by atoms with E-state index in [2.05, 4.69) is 10.1 Å². The Morgan fingerprint density at radius 1 is 1.24 bits per heavy atom. The number of nitrogens with one attached hydrogen (secondary N) is 1. The topological polar surface area (TPSA) is 73.9 Å². The van der Waals surface area contributed by atoms with Crippen molar-refractivity contribution >= 4 is 11.9 Å². The lowest BCUT2D eigenvalue weighted by Crippen LogP contribution is -2.29. The number of ether oxygens (including phenoxy) is 3. The molecule has 6 nitrogen and oxygen atoms in total. The van der Waals surface area contributed by atoms with Crippen LogP contribution in [0.3, 0.4) is 0 Å². The highest BCUT2D eigenvalue weighted by Crippen LogP contribution is 2.29. The molecule has 1 aliphatic rings. The zero-order valence-corrected chi connectivity index (χ0v) is 13.9. The zero-order valence-electron chi connectivity index (χ0n) is 13.9. The van der Waals surface area contributed by atoms with E-state index in [0.717, 1.165) is 25.7 Å². The summed E-state index contributed by atoms with van der Waals surface area (Å²) < 4.78 is 38.9. The summed E-state index contributed by atoms with van der Waals surface area (Å²) in [5, 5.41) is 2.60. The van der Waals surface area contributed by atoms with Crippen molar-refractivity contribution in [1.82, 2.24) is 5.32 Å². The summed E-state index contributed by atoms with van der Waals surface area (Å²) in [6.07, 6.45) is 3.65. The van der Waals surface area contributed by atoms with Crippen LogP contribution in [-0.2, 0) is 20.9 Å². The number of benzene rings is 1. The molecule has 0 spiro atoms. The van der Waals surface area contributed by atoms with Crippen molar-refractivity contribution in [3.05, 3.63) is 23.8 Å². The van der Waals surface area contributed by atoms with E-state index in [9.17, 15) is 18.4 Å². The number of halogens is 2. The molecule has 0 atom stereocenters. The highest BCUT2D eigenvalue weighted by atomic mass is 19.3. The Hall–Kier alpha value is -2.38. The van der Waals surface area contributed by atoms with Crippen molar-refractivity contribution in [2.45, 2.75) is 38.8 Å². The van der Waals surface area contributed by atoms with Crippen molar-refractivity contribution < 1.29 is 32.6 Å². The minimum atomic E-state index is -2.95. The Morgan fingerprint density at radius 3 is 2.60 bits per heavy atom. The summed E-state index contributed by atoms with van der Waals surface area (Å²) in [6, 6.07) is 4.36. The molecule has 0 heterocycles. The maximum Gasteiger partial charge on any atom is 0.387 e. The van der Waals surface area contributed by atoms with Gasteiger partial charge in [-0.3, -0.25) is 9.59 Å². The minimum absolute atomic E-state index is 0.0851.